The number of esters is 1. The van der Waals surface area contributed by atoms with Gasteiger partial charge in [0, 0.05) is 75.0 Å². The molecule has 29 nitrogen and oxygen atoms in total. The molecule has 2 aromatic carbocycles. The van der Waals surface area contributed by atoms with Gasteiger partial charge in [0.25, 0.3) is 50.6 Å². The summed E-state index contributed by atoms with van der Waals surface area (Å²) < 4.78 is 177. The highest BCUT2D eigenvalue weighted by atomic mass is 32.2. The van der Waals surface area contributed by atoms with Crippen LogP contribution in [0, 0.1) is 0 Å². The molecule has 0 aliphatic carbocycles. The van der Waals surface area contributed by atoms with Gasteiger partial charge >= 0.3 is 5.97 Å². The highest BCUT2D eigenvalue weighted by molar-refractivity contribution is 7.86. The summed E-state index contributed by atoms with van der Waals surface area (Å²) in [5, 5.41) is 11.0. The number of unbranched alkanes of at least 4 members (excludes halogenated alkanes) is 2. The second-order valence-electron chi connectivity index (χ2n) is 23.8. The van der Waals surface area contributed by atoms with Gasteiger partial charge in [0.1, 0.15) is 35.4 Å². The van der Waals surface area contributed by atoms with Crippen molar-refractivity contribution >= 4 is 97.5 Å². The van der Waals surface area contributed by atoms with Crippen molar-refractivity contribution in [3.8, 4) is 0 Å². The van der Waals surface area contributed by atoms with Gasteiger partial charge in [-0.15, -0.1) is 0 Å². The second-order valence-corrected chi connectivity index (χ2v) is 31.2. The van der Waals surface area contributed by atoms with Gasteiger partial charge in [-0.25, -0.2) is 0 Å². The van der Waals surface area contributed by atoms with Gasteiger partial charge in [-0.3, -0.25) is 51.5 Å². The van der Waals surface area contributed by atoms with E-state index in [1.54, 1.807) is 37.3 Å². The average molecular weight is 1410 g/mol. The molecule has 34 heteroatoms. The Bertz CT molecular complexity index is 3650. The molecule has 4 rings (SSSR count). The highest BCUT2D eigenvalue weighted by Crippen LogP contribution is 2.51. The Balaban J connectivity index is 1.74. The molecule has 0 radical (unpaired) electrons. The number of carbonyl (C=O) groups is 6. The zero-order valence-corrected chi connectivity index (χ0v) is 57.0. The van der Waals surface area contributed by atoms with E-state index in [0.717, 1.165) is 5.69 Å². The van der Waals surface area contributed by atoms with Crippen LogP contribution in [0.5, 0.6) is 0 Å². The smallest absolute Gasteiger partial charge is 0.305 e. The predicted octanol–water partition coefficient (Wildman–Crippen LogP) is 4.23. The molecule has 4 unspecified atom stereocenters. The topological polar surface area (TPSA) is 450 Å². The Hall–Kier alpha value is -6.37. The number of hydrogen-bond acceptors (Lipinski definition) is 19. The third-order valence-electron chi connectivity index (χ3n) is 15.7. The lowest BCUT2D eigenvalue weighted by molar-refractivity contribution is -0.143. The normalized spacial score (nSPS) is 21.9. The van der Waals surface area contributed by atoms with E-state index < -0.39 is 127 Å². The fourth-order valence-corrected chi connectivity index (χ4v) is 13.9. The average Bonchev–Trinajstić information content (AvgIpc) is 1.59. The minimum atomic E-state index is -5.23. The number of nitrogens with one attached hydrogen (secondary N) is 5. The summed E-state index contributed by atoms with van der Waals surface area (Å²) in [5.74, 6) is -10.6. The molecule has 522 valence electrons. The number of carbonyl (C=O) groups excluding carboxylic acids is 6. The number of anilines is 2. The number of allylic oxidation sites excluding steroid dienone is 6. The van der Waals surface area contributed by atoms with E-state index in [4.69, 9.17) is 4.74 Å². The fraction of sp³-hybridized carbons (Fsp3) is 0.593. The first-order valence-electron chi connectivity index (χ1n) is 30.5. The summed E-state index contributed by atoms with van der Waals surface area (Å²) in [6.45, 7) is 8.72. The molecule has 10 N–H and O–H groups in total. The Labute approximate surface area is 545 Å². The van der Waals surface area contributed by atoms with Gasteiger partial charge in [-0.05, 0) is 137 Å². The Kier molecular flexibility index (Phi) is 30.1. The largest absolute Gasteiger partial charge is 0.466 e. The lowest BCUT2D eigenvalue weighted by Gasteiger charge is -2.31. The van der Waals surface area contributed by atoms with E-state index in [0.29, 0.717) is 99.8 Å². The van der Waals surface area contributed by atoms with Gasteiger partial charge in [0.15, 0.2) is 0 Å². The van der Waals surface area contributed by atoms with Crippen molar-refractivity contribution in [1.82, 2.24) is 26.6 Å². The van der Waals surface area contributed by atoms with E-state index in [2.05, 4.69) is 16.0 Å². The lowest BCUT2D eigenvalue weighted by Crippen LogP contribution is -2.60. The van der Waals surface area contributed by atoms with Crippen LogP contribution in [-0.2, 0) is 94.9 Å². The fourth-order valence-electron chi connectivity index (χ4n) is 10.9. The van der Waals surface area contributed by atoms with Gasteiger partial charge in [-0.1, -0.05) is 63.8 Å². The minimum absolute atomic E-state index is 0.0609. The van der Waals surface area contributed by atoms with Crippen molar-refractivity contribution in [3.63, 3.8) is 0 Å². The zero-order chi connectivity index (χ0) is 69.6. The molecule has 93 heavy (non-hydrogen) atoms. The minimum Gasteiger partial charge on any atom is -0.466 e. The van der Waals surface area contributed by atoms with Crippen molar-refractivity contribution in [3.05, 3.63) is 83.6 Å². The van der Waals surface area contributed by atoms with Crippen molar-refractivity contribution in [2.75, 3.05) is 66.9 Å². The van der Waals surface area contributed by atoms with Crippen LogP contribution in [0.3, 0.4) is 0 Å². The maximum atomic E-state index is 13.7. The molecule has 0 spiro atoms. The van der Waals surface area contributed by atoms with Gasteiger partial charge in [0.05, 0.1) is 16.4 Å². The Morgan fingerprint density at radius 1 is 0.581 bits per heavy atom. The molecule has 0 bridgehead atoms. The molecular weight excluding hydrogens is 1320 g/mol. The molecular formula is C59H89N7O22S5. The molecule has 2 heterocycles. The van der Waals surface area contributed by atoms with E-state index in [-0.39, 0.29) is 79.9 Å². The summed E-state index contributed by atoms with van der Waals surface area (Å²) in [4.78, 5) is 82.2. The lowest BCUT2D eigenvalue weighted by atomic mass is 9.77. The summed E-state index contributed by atoms with van der Waals surface area (Å²) >= 11 is 0. The van der Waals surface area contributed by atoms with Crippen molar-refractivity contribution < 1.29 is 98.4 Å². The van der Waals surface area contributed by atoms with Crippen LogP contribution < -0.4 is 36.4 Å². The number of rotatable bonds is 15. The van der Waals surface area contributed by atoms with E-state index in [1.807, 2.05) is 60.4 Å². The van der Waals surface area contributed by atoms with Crippen molar-refractivity contribution in [2.45, 2.75) is 176 Å². The molecule has 4 atom stereocenters. The first kappa shape index (κ1) is 79.1. The number of amides is 5. The van der Waals surface area contributed by atoms with Crippen LogP contribution >= 0.6 is 0 Å². The summed E-state index contributed by atoms with van der Waals surface area (Å²) in [5.41, 5.74) is 1.50. The highest BCUT2D eigenvalue weighted by Gasteiger charge is 2.44. The molecule has 0 fully saturated rings. The third-order valence-corrected chi connectivity index (χ3v) is 19.7. The predicted molar refractivity (Wildman–Crippen MR) is 346 cm³/mol. The molecule has 0 aromatic heterocycles. The van der Waals surface area contributed by atoms with Crippen LogP contribution in [0.25, 0.3) is 0 Å². The number of hydrogen-bond donors (Lipinski definition) is 10. The Morgan fingerprint density at radius 3 is 1.67 bits per heavy atom. The Morgan fingerprint density at radius 2 is 1.10 bits per heavy atom. The maximum absolute atomic E-state index is 13.7. The number of fused-ring (bicyclic) bond motifs is 4. The van der Waals surface area contributed by atoms with Crippen LogP contribution in [0.1, 0.15) is 148 Å². The quantitative estimate of drug-likeness (QED) is 0.0677. The van der Waals surface area contributed by atoms with Crippen LogP contribution in [0.4, 0.5) is 11.4 Å². The first-order chi connectivity index (χ1) is 43.2. The monoisotopic (exact) mass is 1410 g/mol. The van der Waals surface area contributed by atoms with Gasteiger partial charge < -0.3 is 41.1 Å². The standard InChI is InChI=1S/C59H89N7O22S5/c1-6-88-54(69)26-16-11-22-36-66-50-30-28-43(93(85,86)87)38-45(50)59(4)32-18-9-14-25-53(68)62-47(40-90(76,77)78)56(71)64-48(41-91(79,80)81)57(72)63-46(39-89(73,74)75)55(70)61-34-20-12-19-33-60-52(67)24-15-10-21-35-65(5)49-29-27-42(92(82,83)84)37-44(49)58(2,3)31-17-8-7-13-23-51(59)66/h7-8,13,17,23,27-30,37-38,46-48H,6,9-12,14-16,18-22,24-26,31-36,39-41H2,1-5H3,(H,60,67)(H,61,70)(H,62,68)(H,63,72)(H,64,71)(H,73,74,75)(H,76,77,78)(H,79,80,81)(H,82,83,84)(H,85,86,87). The van der Waals surface area contributed by atoms with Crippen molar-refractivity contribution in [1.29, 1.82) is 0 Å². The molecule has 2 aliphatic rings. The maximum Gasteiger partial charge on any atom is 0.305 e. The van der Waals surface area contributed by atoms with E-state index in [1.165, 1.54) is 24.3 Å². The summed E-state index contributed by atoms with van der Waals surface area (Å²) in [7, 11) is -22.9. The van der Waals surface area contributed by atoms with Crippen LogP contribution in [0.15, 0.2) is 82.3 Å². The second kappa shape index (κ2) is 35.4. The SMILES string of the molecule is CCOC(=O)CCCCCN1C2=CC=CC=CCC(C)(C)c3cc(S(=O)(=O)O)ccc3N(C)CCCCCC(=O)NCCCCCNC(=O)C(CS(=O)(=O)O)NC(=O)C(CS(=O)(=O)O)NC(=O)C(CS(=O)(=O)O)NC(=O)CCCCCC2(C)c2cc(S(=O)(=O)O)ccc21. The summed E-state index contributed by atoms with van der Waals surface area (Å²) in [6, 6.07) is 1.84. The molecule has 0 saturated heterocycles. The van der Waals surface area contributed by atoms with E-state index in [9.17, 15) is 93.6 Å². The number of ether oxygens (including phenoxy) is 1. The van der Waals surface area contributed by atoms with Crippen LogP contribution in [-0.4, -0.2) is 176 Å². The number of benzene rings is 2. The molecule has 2 aliphatic heterocycles. The van der Waals surface area contributed by atoms with Crippen molar-refractivity contribution in [2.24, 2.45) is 0 Å². The van der Waals surface area contributed by atoms with Crippen LogP contribution in [0.2, 0.25) is 0 Å². The molecule has 5 amide bonds. The number of nitrogens with zero attached hydrogens (tertiary/aromatic N) is 2. The zero-order valence-electron chi connectivity index (χ0n) is 52.9. The van der Waals surface area contributed by atoms with Gasteiger partial charge in [0.2, 0.25) is 29.5 Å². The molecule has 0 saturated carbocycles. The molecule has 2 aromatic rings. The first-order valence-corrected chi connectivity index (χ1v) is 38.2. The van der Waals surface area contributed by atoms with E-state index >= 15 is 0 Å². The third kappa shape index (κ3) is 27.1. The summed E-state index contributed by atoms with van der Waals surface area (Å²) in [6.07, 6.45) is 15.1. The van der Waals surface area contributed by atoms with Gasteiger partial charge in [-0.2, -0.15) is 42.1 Å².